The lowest BCUT2D eigenvalue weighted by atomic mass is 10.1. The zero-order valence-electron chi connectivity index (χ0n) is 10.9. The van der Waals surface area contributed by atoms with Crippen LogP contribution in [0.3, 0.4) is 0 Å². The molecule has 1 aromatic rings. The zero-order valence-corrected chi connectivity index (χ0v) is 12.5. The first kappa shape index (κ1) is 14.1. The number of carbonyl (C=O) groups is 1. The smallest absolute Gasteiger partial charge is 0.318 e. The van der Waals surface area contributed by atoms with E-state index in [0.29, 0.717) is 6.54 Å². The second-order valence-electron chi connectivity index (χ2n) is 4.79. The molecule has 0 saturated heterocycles. The van der Waals surface area contributed by atoms with Crippen LogP contribution in [0, 0.1) is 0 Å². The molecule has 0 unspecified atom stereocenters. The molecule has 1 aliphatic carbocycles. The van der Waals surface area contributed by atoms with Gasteiger partial charge in [0.05, 0.1) is 0 Å². The van der Waals surface area contributed by atoms with Crippen LogP contribution in [0.4, 0.5) is 4.79 Å². The number of allylic oxidation sites excluding steroid dienone is 1. The maximum atomic E-state index is 11.6. The number of halogens is 1. The van der Waals surface area contributed by atoms with Crippen LogP contribution in [0.15, 0.2) is 40.5 Å². The Balaban J connectivity index is 1.67. The lowest BCUT2D eigenvalue weighted by Gasteiger charge is -2.06. The van der Waals surface area contributed by atoms with E-state index in [1.165, 1.54) is 24.0 Å². The van der Waals surface area contributed by atoms with Crippen LogP contribution in [0.5, 0.6) is 0 Å². The van der Waals surface area contributed by atoms with Crippen LogP contribution in [-0.2, 0) is 6.42 Å². The number of nitrogens with one attached hydrogen (secondary N) is 2. The number of hydrogen-bond acceptors (Lipinski definition) is 1. The fourth-order valence-corrected chi connectivity index (χ4v) is 2.65. The highest BCUT2D eigenvalue weighted by Gasteiger charge is 2.06. The van der Waals surface area contributed by atoms with E-state index in [0.717, 1.165) is 23.7 Å². The van der Waals surface area contributed by atoms with Crippen molar-refractivity contribution in [2.45, 2.75) is 32.1 Å². The van der Waals surface area contributed by atoms with Crippen LogP contribution >= 0.6 is 15.9 Å². The van der Waals surface area contributed by atoms with E-state index in [9.17, 15) is 4.79 Å². The van der Waals surface area contributed by atoms with E-state index in [2.05, 4.69) is 38.7 Å². The fraction of sp³-hybridized carbons (Fsp3) is 0.400. The normalized spacial score (nSPS) is 14.3. The largest absolute Gasteiger partial charge is 0.338 e. The molecule has 0 radical (unpaired) electrons. The molecule has 2 rings (SSSR count). The van der Waals surface area contributed by atoms with Gasteiger partial charge in [0, 0.05) is 17.2 Å². The Morgan fingerprint density at radius 1 is 1.32 bits per heavy atom. The number of hydrogen-bond donors (Lipinski definition) is 2. The summed E-state index contributed by atoms with van der Waals surface area (Å²) in [5.41, 5.74) is 2.56. The summed E-state index contributed by atoms with van der Waals surface area (Å²) in [6.45, 7) is 0.644. The molecule has 0 bridgehead atoms. The Kier molecular flexibility index (Phi) is 5.45. The number of benzene rings is 1. The Bertz CT molecular complexity index is 463. The van der Waals surface area contributed by atoms with Gasteiger partial charge >= 0.3 is 6.03 Å². The molecule has 3 nitrogen and oxygen atoms in total. The van der Waals surface area contributed by atoms with Crippen molar-refractivity contribution < 1.29 is 4.79 Å². The van der Waals surface area contributed by atoms with Gasteiger partial charge in [-0.25, -0.2) is 4.79 Å². The first-order valence-corrected chi connectivity index (χ1v) is 7.50. The summed E-state index contributed by atoms with van der Waals surface area (Å²) in [6.07, 6.45) is 7.44. The van der Waals surface area contributed by atoms with Crippen molar-refractivity contribution in [2.75, 3.05) is 6.54 Å². The van der Waals surface area contributed by atoms with Gasteiger partial charge in [-0.05, 0) is 49.8 Å². The standard InChI is InChI=1S/C15H19BrN2O/c16-14-7-3-6-12(10-14)8-9-17-15(19)18-11-13-4-1-2-5-13/h3,6-7,10-11H,1-2,4-5,8-9H2,(H2,17,18,19). The number of rotatable bonds is 4. The molecule has 0 atom stereocenters. The molecule has 1 fully saturated rings. The average Bonchev–Trinajstić information content (AvgIpc) is 2.89. The molecule has 2 N–H and O–H groups in total. The molecule has 1 aromatic carbocycles. The van der Waals surface area contributed by atoms with Gasteiger partial charge in [-0.3, -0.25) is 0 Å². The number of amides is 2. The van der Waals surface area contributed by atoms with Crippen LogP contribution in [-0.4, -0.2) is 12.6 Å². The summed E-state index contributed by atoms with van der Waals surface area (Å²) in [6, 6.07) is 8.02. The van der Waals surface area contributed by atoms with Crippen LogP contribution in [0.1, 0.15) is 31.2 Å². The van der Waals surface area contributed by atoms with E-state index in [1.807, 2.05) is 18.3 Å². The molecule has 4 heteroatoms. The summed E-state index contributed by atoms with van der Waals surface area (Å²) in [5, 5.41) is 5.67. The monoisotopic (exact) mass is 322 g/mol. The summed E-state index contributed by atoms with van der Waals surface area (Å²) in [4.78, 5) is 11.6. The van der Waals surface area contributed by atoms with Gasteiger partial charge in [0.1, 0.15) is 0 Å². The van der Waals surface area contributed by atoms with Crippen molar-refractivity contribution in [1.29, 1.82) is 0 Å². The summed E-state index contributed by atoms with van der Waals surface area (Å²) < 4.78 is 1.07. The highest BCUT2D eigenvalue weighted by atomic mass is 79.9. The minimum atomic E-state index is -0.116. The van der Waals surface area contributed by atoms with Gasteiger partial charge in [0.25, 0.3) is 0 Å². The van der Waals surface area contributed by atoms with Gasteiger partial charge in [-0.1, -0.05) is 33.6 Å². The quantitative estimate of drug-likeness (QED) is 0.870. The minimum Gasteiger partial charge on any atom is -0.338 e. The number of urea groups is 1. The second-order valence-corrected chi connectivity index (χ2v) is 5.71. The van der Waals surface area contributed by atoms with E-state index in [-0.39, 0.29) is 6.03 Å². The summed E-state index contributed by atoms with van der Waals surface area (Å²) in [5.74, 6) is 0. The third-order valence-electron chi connectivity index (χ3n) is 3.24. The fourth-order valence-electron chi connectivity index (χ4n) is 2.20. The molecule has 1 aliphatic rings. The predicted molar refractivity (Wildman–Crippen MR) is 80.9 cm³/mol. The van der Waals surface area contributed by atoms with Crippen molar-refractivity contribution in [1.82, 2.24) is 10.6 Å². The summed E-state index contributed by atoms with van der Waals surface area (Å²) >= 11 is 3.44. The molecule has 1 saturated carbocycles. The molecule has 0 spiro atoms. The van der Waals surface area contributed by atoms with Crippen molar-refractivity contribution in [3.63, 3.8) is 0 Å². The minimum absolute atomic E-state index is 0.116. The molecular weight excluding hydrogens is 304 g/mol. The van der Waals surface area contributed by atoms with Gasteiger partial charge < -0.3 is 10.6 Å². The van der Waals surface area contributed by atoms with E-state index in [1.54, 1.807) is 0 Å². The topological polar surface area (TPSA) is 41.1 Å². The van der Waals surface area contributed by atoms with Gasteiger partial charge in [0.15, 0.2) is 0 Å². The average molecular weight is 323 g/mol. The zero-order chi connectivity index (χ0) is 13.5. The maximum absolute atomic E-state index is 11.6. The molecule has 0 aliphatic heterocycles. The first-order valence-electron chi connectivity index (χ1n) is 6.71. The van der Waals surface area contributed by atoms with Crippen molar-refractivity contribution in [3.05, 3.63) is 46.1 Å². The molecule has 0 aromatic heterocycles. The van der Waals surface area contributed by atoms with Crippen LogP contribution in [0.25, 0.3) is 0 Å². The molecule has 2 amide bonds. The maximum Gasteiger partial charge on any atom is 0.318 e. The van der Waals surface area contributed by atoms with Gasteiger partial charge in [-0.2, -0.15) is 0 Å². The first-order chi connectivity index (χ1) is 9.24. The van der Waals surface area contributed by atoms with Crippen molar-refractivity contribution in [3.8, 4) is 0 Å². The Labute approximate surface area is 122 Å². The highest BCUT2D eigenvalue weighted by molar-refractivity contribution is 9.10. The Morgan fingerprint density at radius 2 is 2.11 bits per heavy atom. The van der Waals surface area contributed by atoms with E-state index in [4.69, 9.17) is 0 Å². The number of carbonyl (C=O) groups excluding carboxylic acids is 1. The van der Waals surface area contributed by atoms with Crippen LogP contribution < -0.4 is 10.6 Å². The summed E-state index contributed by atoms with van der Waals surface area (Å²) in [7, 11) is 0. The molecular formula is C15H19BrN2O. The molecule has 102 valence electrons. The Morgan fingerprint density at radius 3 is 2.84 bits per heavy atom. The van der Waals surface area contributed by atoms with E-state index < -0.39 is 0 Å². The predicted octanol–water partition coefficient (Wildman–Crippen LogP) is 3.75. The lowest BCUT2D eigenvalue weighted by molar-refractivity contribution is 0.244. The second kappa shape index (κ2) is 7.34. The molecule has 0 heterocycles. The molecule has 19 heavy (non-hydrogen) atoms. The Hall–Kier alpha value is -1.29. The van der Waals surface area contributed by atoms with Crippen LogP contribution in [0.2, 0.25) is 0 Å². The highest BCUT2D eigenvalue weighted by Crippen LogP contribution is 2.22. The third-order valence-corrected chi connectivity index (χ3v) is 3.73. The van der Waals surface area contributed by atoms with Crippen molar-refractivity contribution in [2.24, 2.45) is 0 Å². The van der Waals surface area contributed by atoms with Gasteiger partial charge in [0.2, 0.25) is 0 Å². The van der Waals surface area contributed by atoms with Gasteiger partial charge in [-0.15, -0.1) is 0 Å². The SMILES string of the molecule is O=C(NC=C1CCCC1)NCCc1cccc(Br)c1. The third kappa shape index (κ3) is 5.07. The van der Waals surface area contributed by atoms with E-state index >= 15 is 0 Å². The lowest BCUT2D eigenvalue weighted by Crippen LogP contribution is -2.33. The van der Waals surface area contributed by atoms with Crippen molar-refractivity contribution >= 4 is 22.0 Å².